The molecule has 5 rings (SSSR count). The first-order valence-corrected chi connectivity index (χ1v) is 13.3. The first-order valence-electron chi connectivity index (χ1n) is 11.5. The standard InChI is InChI=1S/C26H27N5O2S2/c1-19-5-7-21(8-6-19)31-25(23-4-3-17-34-23)27-28-26(31)35-18-24(32)30-15-13-29(14-16-30)20-9-11-22(33-2)12-10-20/h3-12,17H,13-16,18H2,1-2H3. The van der Waals surface area contributed by atoms with E-state index in [1.807, 2.05) is 39.1 Å². The summed E-state index contributed by atoms with van der Waals surface area (Å²) in [5.41, 5.74) is 3.34. The number of piperazine rings is 1. The molecule has 3 heterocycles. The van der Waals surface area contributed by atoms with Crippen molar-refractivity contribution in [1.29, 1.82) is 0 Å². The van der Waals surface area contributed by atoms with Crippen LogP contribution in [-0.4, -0.2) is 64.6 Å². The minimum atomic E-state index is 0.125. The van der Waals surface area contributed by atoms with E-state index >= 15 is 0 Å². The predicted molar refractivity (Wildman–Crippen MR) is 142 cm³/mol. The van der Waals surface area contributed by atoms with E-state index in [0.29, 0.717) is 18.8 Å². The van der Waals surface area contributed by atoms with Crippen LogP contribution in [0, 0.1) is 6.92 Å². The van der Waals surface area contributed by atoms with Crippen molar-refractivity contribution < 1.29 is 9.53 Å². The van der Waals surface area contributed by atoms with Gasteiger partial charge in [-0.2, -0.15) is 0 Å². The second kappa shape index (κ2) is 10.5. The zero-order chi connectivity index (χ0) is 24.2. The van der Waals surface area contributed by atoms with Gasteiger partial charge >= 0.3 is 0 Å². The lowest BCUT2D eigenvalue weighted by molar-refractivity contribution is -0.128. The third-order valence-electron chi connectivity index (χ3n) is 6.06. The van der Waals surface area contributed by atoms with Crippen molar-refractivity contribution in [2.45, 2.75) is 12.1 Å². The molecule has 0 spiro atoms. The Labute approximate surface area is 213 Å². The Kier molecular flexibility index (Phi) is 7.06. The molecule has 4 aromatic rings. The summed E-state index contributed by atoms with van der Waals surface area (Å²) in [4.78, 5) is 18.3. The number of aromatic nitrogens is 3. The maximum absolute atomic E-state index is 13.0. The molecule has 0 unspecified atom stereocenters. The number of thioether (sulfide) groups is 1. The molecule has 180 valence electrons. The van der Waals surface area contributed by atoms with Gasteiger partial charge in [0.1, 0.15) is 5.75 Å². The van der Waals surface area contributed by atoms with Crippen LogP contribution in [0.15, 0.2) is 71.2 Å². The molecule has 1 saturated heterocycles. The highest BCUT2D eigenvalue weighted by Gasteiger charge is 2.23. The summed E-state index contributed by atoms with van der Waals surface area (Å²) in [6, 6.07) is 20.4. The molecule has 2 aromatic carbocycles. The highest BCUT2D eigenvalue weighted by molar-refractivity contribution is 7.99. The van der Waals surface area contributed by atoms with Crippen molar-refractivity contribution in [3.05, 3.63) is 71.6 Å². The van der Waals surface area contributed by atoms with Gasteiger partial charge in [-0.15, -0.1) is 21.5 Å². The van der Waals surface area contributed by atoms with Gasteiger partial charge in [0.15, 0.2) is 11.0 Å². The Balaban J connectivity index is 1.25. The van der Waals surface area contributed by atoms with Crippen LogP contribution < -0.4 is 9.64 Å². The molecule has 1 aliphatic rings. The van der Waals surface area contributed by atoms with E-state index in [1.165, 1.54) is 17.3 Å². The number of aryl methyl sites for hydroxylation is 1. The largest absolute Gasteiger partial charge is 0.497 e. The lowest BCUT2D eigenvalue weighted by Crippen LogP contribution is -2.49. The van der Waals surface area contributed by atoms with Crippen LogP contribution in [0.4, 0.5) is 5.69 Å². The van der Waals surface area contributed by atoms with E-state index in [-0.39, 0.29) is 5.91 Å². The van der Waals surface area contributed by atoms with E-state index in [2.05, 4.69) is 58.4 Å². The fraction of sp³-hybridized carbons (Fsp3) is 0.269. The Morgan fingerprint density at radius 3 is 2.34 bits per heavy atom. The minimum Gasteiger partial charge on any atom is -0.497 e. The molecule has 1 amide bonds. The number of anilines is 1. The molecular formula is C26H27N5O2S2. The van der Waals surface area contributed by atoms with Crippen molar-refractivity contribution >= 4 is 34.7 Å². The summed E-state index contributed by atoms with van der Waals surface area (Å²) >= 11 is 3.07. The van der Waals surface area contributed by atoms with Crippen molar-refractivity contribution in [3.63, 3.8) is 0 Å². The lowest BCUT2D eigenvalue weighted by atomic mass is 10.2. The molecule has 1 fully saturated rings. The van der Waals surface area contributed by atoms with E-state index in [0.717, 1.165) is 46.1 Å². The van der Waals surface area contributed by atoms with Crippen LogP contribution in [0.25, 0.3) is 16.4 Å². The number of rotatable bonds is 7. The third kappa shape index (κ3) is 5.21. The predicted octanol–water partition coefficient (Wildman–Crippen LogP) is 4.75. The number of methoxy groups -OCH3 is 1. The first kappa shape index (κ1) is 23.4. The number of benzene rings is 2. The topological polar surface area (TPSA) is 63.5 Å². The summed E-state index contributed by atoms with van der Waals surface area (Å²) in [7, 11) is 1.67. The molecule has 35 heavy (non-hydrogen) atoms. The van der Waals surface area contributed by atoms with Gasteiger partial charge in [0.2, 0.25) is 5.91 Å². The number of carbonyl (C=O) groups is 1. The molecule has 0 N–H and O–H groups in total. The van der Waals surface area contributed by atoms with Crippen molar-refractivity contribution in [2.75, 3.05) is 43.9 Å². The van der Waals surface area contributed by atoms with E-state index in [9.17, 15) is 4.79 Å². The average molecular weight is 506 g/mol. The normalized spacial score (nSPS) is 13.8. The van der Waals surface area contributed by atoms with E-state index < -0.39 is 0 Å². The summed E-state index contributed by atoms with van der Waals surface area (Å²) in [6.07, 6.45) is 0. The minimum absolute atomic E-state index is 0.125. The van der Waals surface area contributed by atoms with Gasteiger partial charge in [0, 0.05) is 37.6 Å². The van der Waals surface area contributed by atoms with Gasteiger partial charge in [-0.3, -0.25) is 9.36 Å². The van der Waals surface area contributed by atoms with Crippen LogP contribution in [0.2, 0.25) is 0 Å². The summed E-state index contributed by atoms with van der Waals surface area (Å²) in [6.45, 7) is 5.10. The van der Waals surface area contributed by atoms with Crippen LogP contribution in [0.3, 0.4) is 0 Å². The maximum atomic E-state index is 13.0. The second-order valence-electron chi connectivity index (χ2n) is 8.31. The van der Waals surface area contributed by atoms with E-state index in [4.69, 9.17) is 4.74 Å². The molecule has 1 aliphatic heterocycles. The Hall–Kier alpha value is -3.30. The van der Waals surface area contributed by atoms with Crippen LogP contribution in [0.1, 0.15) is 5.56 Å². The van der Waals surface area contributed by atoms with Gasteiger partial charge in [0.05, 0.1) is 17.7 Å². The van der Waals surface area contributed by atoms with Crippen LogP contribution >= 0.6 is 23.1 Å². The monoisotopic (exact) mass is 505 g/mol. The number of thiophene rings is 1. The molecule has 0 bridgehead atoms. The Morgan fingerprint density at radius 1 is 0.971 bits per heavy atom. The van der Waals surface area contributed by atoms with Crippen molar-refractivity contribution in [3.8, 4) is 22.1 Å². The molecule has 0 saturated carbocycles. The van der Waals surface area contributed by atoms with Crippen LogP contribution in [-0.2, 0) is 4.79 Å². The SMILES string of the molecule is COc1ccc(N2CCN(C(=O)CSc3nnc(-c4cccs4)n3-c3ccc(C)cc3)CC2)cc1. The molecule has 7 nitrogen and oxygen atoms in total. The zero-order valence-corrected chi connectivity index (χ0v) is 21.4. The molecule has 0 aliphatic carbocycles. The number of hydrogen-bond donors (Lipinski definition) is 0. The smallest absolute Gasteiger partial charge is 0.233 e. The number of hydrogen-bond acceptors (Lipinski definition) is 7. The average Bonchev–Trinajstić information content (AvgIpc) is 3.58. The van der Waals surface area contributed by atoms with Crippen LogP contribution in [0.5, 0.6) is 5.75 Å². The van der Waals surface area contributed by atoms with Gasteiger partial charge in [0.25, 0.3) is 0 Å². The molecule has 9 heteroatoms. The fourth-order valence-corrected chi connectivity index (χ4v) is 5.63. The summed E-state index contributed by atoms with van der Waals surface area (Å²) in [5.74, 6) is 2.10. The third-order valence-corrected chi connectivity index (χ3v) is 7.84. The second-order valence-corrected chi connectivity index (χ2v) is 10.2. The number of carbonyl (C=O) groups excluding carboxylic acids is 1. The van der Waals surface area contributed by atoms with Crippen molar-refractivity contribution in [2.24, 2.45) is 0 Å². The molecular weight excluding hydrogens is 478 g/mol. The lowest BCUT2D eigenvalue weighted by Gasteiger charge is -2.36. The first-order chi connectivity index (χ1) is 17.1. The van der Waals surface area contributed by atoms with Gasteiger partial charge in [-0.1, -0.05) is 35.5 Å². The number of ether oxygens (including phenoxy) is 1. The molecule has 0 atom stereocenters. The Morgan fingerprint density at radius 2 is 1.69 bits per heavy atom. The molecule has 2 aromatic heterocycles. The molecule has 0 radical (unpaired) electrons. The highest BCUT2D eigenvalue weighted by atomic mass is 32.2. The zero-order valence-electron chi connectivity index (χ0n) is 19.8. The summed E-state index contributed by atoms with van der Waals surface area (Å²) in [5, 5.41) is 11.7. The van der Waals surface area contributed by atoms with Crippen molar-refractivity contribution in [1.82, 2.24) is 19.7 Å². The number of amides is 1. The quantitative estimate of drug-likeness (QED) is 0.338. The summed E-state index contributed by atoms with van der Waals surface area (Å²) < 4.78 is 7.29. The van der Waals surface area contributed by atoms with E-state index in [1.54, 1.807) is 18.4 Å². The van der Waals surface area contributed by atoms with Gasteiger partial charge < -0.3 is 14.5 Å². The number of nitrogens with zero attached hydrogens (tertiary/aromatic N) is 5. The van der Waals surface area contributed by atoms with Gasteiger partial charge in [-0.05, 0) is 54.8 Å². The Bertz CT molecular complexity index is 1260. The highest BCUT2D eigenvalue weighted by Crippen LogP contribution is 2.31. The fourth-order valence-electron chi connectivity index (χ4n) is 4.08. The van der Waals surface area contributed by atoms with Gasteiger partial charge in [-0.25, -0.2) is 0 Å². The maximum Gasteiger partial charge on any atom is 0.233 e.